The van der Waals surface area contributed by atoms with Gasteiger partial charge in [-0.2, -0.15) is 0 Å². The Morgan fingerprint density at radius 3 is 2.69 bits per heavy atom. The summed E-state index contributed by atoms with van der Waals surface area (Å²) in [5.41, 5.74) is 0.392. The van der Waals surface area contributed by atoms with Gasteiger partial charge in [0, 0.05) is 5.56 Å². The molecule has 6 nitrogen and oxygen atoms in total. The summed E-state index contributed by atoms with van der Waals surface area (Å²) in [6.45, 7) is 5.92. The minimum atomic E-state index is -3.80. The average molecular weight is 393 g/mol. The van der Waals surface area contributed by atoms with Crippen molar-refractivity contribution in [2.45, 2.75) is 31.4 Å². The highest BCUT2D eigenvalue weighted by molar-refractivity contribution is 7.91. The van der Waals surface area contributed by atoms with Crippen LogP contribution >= 0.6 is 11.3 Å². The second-order valence-electron chi connectivity index (χ2n) is 7.31. The number of hydrogen-bond acceptors (Lipinski definition) is 6. The van der Waals surface area contributed by atoms with Crippen molar-refractivity contribution in [1.82, 2.24) is 0 Å². The molecule has 8 heteroatoms. The number of rotatable bonds is 2. The zero-order chi connectivity index (χ0) is 19.1. The van der Waals surface area contributed by atoms with Gasteiger partial charge in [-0.15, -0.1) is 11.3 Å². The van der Waals surface area contributed by atoms with Gasteiger partial charge in [0.15, 0.2) is 9.84 Å². The van der Waals surface area contributed by atoms with Crippen molar-refractivity contribution in [2.75, 3.05) is 11.9 Å². The minimum Gasteiger partial charge on any atom is -0.449 e. The minimum absolute atomic E-state index is 0.0601. The average Bonchev–Trinajstić information content (AvgIpc) is 2.95. The standard InChI is InChI=1S/C18H19NO5S2/c1-18(2,3)10-24-17(21)19-13-6-4-5-12-14(20)15-11(7-8-25-15)9-26(22,23)16(12)13/h4-8H,9-10H2,1-3H3,(H,19,21). The summed E-state index contributed by atoms with van der Waals surface area (Å²) in [5, 5.41) is 4.18. The number of benzene rings is 1. The fourth-order valence-electron chi connectivity index (χ4n) is 2.63. The highest BCUT2D eigenvalue weighted by atomic mass is 32.2. The van der Waals surface area contributed by atoms with Crippen LogP contribution < -0.4 is 5.32 Å². The number of ketones is 1. The molecule has 0 fully saturated rings. The van der Waals surface area contributed by atoms with Gasteiger partial charge in [-0.1, -0.05) is 26.8 Å². The normalized spacial score (nSPS) is 15.6. The van der Waals surface area contributed by atoms with Gasteiger partial charge in [-0.05, 0) is 34.6 Å². The molecule has 0 aliphatic carbocycles. The quantitative estimate of drug-likeness (QED) is 0.837. The van der Waals surface area contributed by atoms with Crippen molar-refractivity contribution in [3.63, 3.8) is 0 Å². The monoisotopic (exact) mass is 393 g/mol. The van der Waals surface area contributed by atoms with Crippen molar-refractivity contribution in [3.8, 4) is 0 Å². The Morgan fingerprint density at radius 1 is 1.27 bits per heavy atom. The van der Waals surface area contributed by atoms with E-state index in [1.165, 1.54) is 23.5 Å². The Kier molecular flexibility index (Phi) is 4.66. The third-order valence-electron chi connectivity index (χ3n) is 3.74. The van der Waals surface area contributed by atoms with Gasteiger partial charge in [0.05, 0.1) is 22.9 Å². The molecule has 2 heterocycles. The number of hydrogen-bond donors (Lipinski definition) is 1. The van der Waals surface area contributed by atoms with E-state index in [1.807, 2.05) is 20.8 Å². The van der Waals surface area contributed by atoms with Gasteiger partial charge >= 0.3 is 6.09 Å². The van der Waals surface area contributed by atoms with Crippen molar-refractivity contribution in [3.05, 3.63) is 45.6 Å². The molecule has 1 aromatic heterocycles. The van der Waals surface area contributed by atoms with Gasteiger partial charge in [0.1, 0.15) is 4.90 Å². The molecule has 0 atom stereocenters. The highest BCUT2D eigenvalue weighted by Gasteiger charge is 2.33. The maximum atomic E-state index is 12.9. The zero-order valence-electron chi connectivity index (χ0n) is 14.7. The third kappa shape index (κ3) is 3.66. The Balaban J connectivity index is 2.00. The van der Waals surface area contributed by atoms with Crippen LogP contribution in [0.5, 0.6) is 0 Å². The van der Waals surface area contributed by atoms with E-state index in [-0.39, 0.29) is 39.7 Å². The predicted octanol–water partition coefficient (Wildman–Crippen LogP) is 3.86. The molecule has 26 heavy (non-hydrogen) atoms. The molecule has 0 saturated carbocycles. The summed E-state index contributed by atoms with van der Waals surface area (Å²) in [6.07, 6.45) is -0.755. The molecule has 0 spiro atoms. The molecule has 2 aromatic rings. The molecule has 0 bridgehead atoms. The lowest BCUT2D eigenvalue weighted by molar-refractivity contribution is 0.103. The predicted molar refractivity (Wildman–Crippen MR) is 99.5 cm³/mol. The number of carbonyl (C=O) groups excluding carboxylic acids is 2. The van der Waals surface area contributed by atoms with Crippen LogP contribution in [-0.2, 0) is 20.3 Å². The fraction of sp³-hybridized carbons (Fsp3) is 0.333. The molecule has 0 unspecified atom stereocenters. The van der Waals surface area contributed by atoms with E-state index in [4.69, 9.17) is 4.74 Å². The van der Waals surface area contributed by atoms with E-state index in [1.54, 1.807) is 17.5 Å². The summed E-state index contributed by atoms with van der Waals surface area (Å²) in [4.78, 5) is 25.1. The Bertz CT molecular complexity index is 983. The van der Waals surface area contributed by atoms with Gasteiger partial charge in [0.2, 0.25) is 5.78 Å². The number of amides is 1. The molecule has 0 radical (unpaired) electrons. The Labute approximate surface area is 156 Å². The second kappa shape index (κ2) is 6.51. The molecule has 1 aliphatic rings. The number of carbonyl (C=O) groups is 2. The van der Waals surface area contributed by atoms with Gasteiger partial charge < -0.3 is 4.74 Å². The molecule has 0 saturated heterocycles. The fourth-order valence-corrected chi connectivity index (χ4v) is 5.34. The lowest BCUT2D eigenvalue weighted by Gasteiger charge is -2.19. The molecule has 1 N–H and O–H groups in total. The van der Waals surface area contributed by atoms with Gasteiger partial charge in [0.25, 0.3) is 0 Å². The molecular formula is C18H19NO5S2. The number of anilines is 1. The van der Waals surface area contributed by atoms with Crippen LogP contribution in [0.15, 0.2) is 34.5 Å². The topological polar surface area (TPSA) is 89.5 Å². The molecule has 1 amide bonds. The van der Waals surface area contributed by atoms with Crippen LogP contribution in [0.1, 0.15) is 41.6 Å². The first-order valence-corrected chi connectivity index (χ1v) is 10.5. The number of thiophene rings is 1. The van der Waals surface area contributed by atoms with Gasteiger partial charge in [-0.3, -0.25) is 10.1 Å². The first-order chi connectivity index (χ1) is 12.1. The largest absolute Gasteiger partial charge is 0.449 e. The number of ether oxygens (including phenoxy) is 1. The molecule has 1 aliphatic heterocycles. The van der Waals surface area contributed by atoms with Crippen LogP contribution in [-0.4, -0.2) is 26.9 Å². The van der Waals surface area contributed by atoms with E-state index in [0.717, 1.165) is 0 Å². The Hall–Kier alpha value is -2.19. The van der Waals surface area contributed by atoms with Crippen LogP contribution in [0.2, 0.25) is 0 Å². The summed E-state index contributed by atoms with van der Waals surface area (Å²) in [6, 6.07) is 6.12. The molecule has 1 aromatic carbocycles. The van der Waals surface area contributed by atoms with Crippen molar-refractivity contribution in [2.24, 2.45) is 5.41 Å². The van der Waals surface area contributed by atoms with Crippen LogP contribution in [0.3, 0.4) is 0 Å². The highest BCUT2D eigenvalue weighted by Crippen LogP contribution is 2.36. The summed E-state index contributed by atoms with van der Waals surface area (Å²) < 4.78 is 30.9. The summed E-state index contributed by atoms with van der Waals surface area (Å²) in [5.74, 6) is -0.627. The first kappa shape index (κ1) is 18.6. The lowest BCUT2D eigenvalue weighted by Crippen LogP contribution is -2.23. The smallest absolute Gasteiger partial charge is 0.411 e. The van der Waals surface area contributed by atoms with E-state index in [9.17, 15) is 18.0 Å². The maximum Gasteiger partial charge on any atom is 0.411 e. The van der Waals surface area contributed by atoms with Crippen LogP contribution in [0.25, 0.3) is 0 Å². The van der Waals surface area contributed by atoms with Crippen LogP contribution in [0.4, 0.5) is 10.5 Å². The number of nitrogens with one attached hydrogen (secondary N) is 1. The van der Waals surface area contributed by atoms with E-state index in [2.05, 4.69) is 5.32 Å². The Morgan fingerprint density at radius 2 is 2.00 bits per heavy atom. The van der Waals surface area contributed by atoms with E-state index >= 15 is 0 Å². The SMILES string of the molecule is CC(C)(C)COC(=O)Nc1cccc2c1S(=O)(=O)Cc1ccsc1C2=O. The molecular weight excluding hydrogens is 374 g/mol. The second-order valence-corrected chi connectivity index (χ2v) is 10.1. The van der Waals surface area contributed by atoms with E-state index < -0.39 is 15.9 Å². The van der Waals surface area contributed by atoms with Crippen LogP contribution in [0, 0.1) is 5.41 Å². The third-order valence-corrected chi connectivity index (χ3v) is 6.45. The molecule has 3 rings (SSSR count). The zero-order valence-corrected chi connectivity index (χ0v) is 16.3. The molecule has 138 valence electrons. The summed E-state index contributed by atoms with van der Waals surface area (Å²) in [7, 11) is -3.80. The summed E-state index contributed by atoms with van der Waals surface area (Å²) >= 11 is 1.22. The van der Waals surface area contributed by atoms with Crippen molar-refractivity contribution in [1.29, 1.82) is 0 Å². The first-order valence-electron chi connectivity index (χ1n) is 7.99. The lowest BCUT2D eigenvalue weighted by atomic mass is 9.99. The van der Waals surface area contributed by atoms with Gasteiger partial charge in [-0.25, -0.2) is 13.2 Å². The maximum absolute atomic E-state index is 12.9. The van der Waals surface area contributed by atoms with Crippen molar-refractivity contribution >= 4 is 38.7 Å². The van der Waals surface area contributed by atoms with E-state index in [0.29, 0.717) is 10.4 Å². The number of fused-ring (bicyclic) bond motifs is 2. The van der Waals surface area contributed by atoms with Crippen molar-refractivity contribution < 1.29 is 22.7 Å². The number of sulfone groups is 1.